The maximum absolute atomic E-state index is 11.3. The molecule has 0 saturated heterocycles. The lowest BCUT2D eigenvalue weighted by Gasteiger charge is -2.07. The number of carbonyl (C=O) groups is 1. The number of aromatic nitrogens is 2. The molecule has 0 fully saturated rings. The van der Waals surface area contributed by atoms with Crippen LogP contribution >= 0.6 is 0 Å². The zero-order valence-electron chi connectivity index (χ0n) is 11.9. The van der Waals surface area contributed by atoms with E-state index in [1.165, 1.54) is 18.2 Å². The Morgan fingerprint density at radius 3 is 2.57 bits per heavy atom. The number of hydrogen-bond donors (Lipinski definition) is 1. The van der Waals surface area contributed by atoms with E-state index in [-0.39, 0.29) is 11.3 Å². The number of nitrogens with two attached hydrogens (primary N) is 1. The summed E-state index contributed by atoms with van der Waals surface area (Å²) in [6.45, 7) is 3.92. The number of carbonyl (C=O) groups excluding carboxylic acids is 1. The molecule has 7 nitrogen and oxygen atoms in total. The molecule has 2 aromatic rings. The van der Waals surface area contributed by atoms with Crippen LogP contribution in [0.1, 0.15) is 35.6 Å². The summed E-state index contributed by atoms with van der Waals surface area (Å²) in [6, 6.07) is 6.08. The van der Waals surface area contributed by atoms with Gasteiger partial charge in [0.15, 0.2) is 0 Å². The van der Waals surface area contributed by atoms with Gasteiger partial charge in [-0.05, 0) is 31.0 Å². The van der Waals surface area contributed by atoms with Gasteiger partial charge < -0.3 is 5.73 Å². The van der Waals surface area contributed by atoms with E-state index in [2.05, 4.69) is 5.10 Å². The minimum Gasteiger partial charge on any atom is -0.366 e. The van der Waals surface area contributed by atoms with Crippen molar-refractivity contribution >= 4 is 11.6 Å². The largest absolute Gasteiger partial charge is 0.366 e. The van der Waals surface area contributed by atoms with E-state index in [0.717, 1.165) is 17.8 Å². The number of rotatable bonds is 5. The monoisotopic (exact) mass is 288 g/mol. The minimum absolute atomic E-state index is 0.103. The Morgan fingerprint density at radius 1 is 1.33 bits per heavy atom. The summed E-state index contributed by atoms with van der Waals surface area (Å²) in [4.78, 5) is 21.9. The average Bonchev–Trinajstić information content (AvgIpc) is 2.89. The molecule has 2 N–H and O–H groups in total. The first-order valence-corrected chi connectivity index (χ1v) is 6.64. The number of primary amides is 1. The number of nitro benzene ring substituents is 1. The maximum atomic E-state index is 11.3. The zero-order valence-corrected chi connectivity index (χ0v) is 11.9. The first-order chi connectivity index (χ1) is 9.97. The molecule has 0 radical (unpaired) electrons. The molecular formula is C14H16N4O3. The fourth-order valence-corrected chi connectivity index (χ4v) is 2.11. The molecule has 0 bridgehead atoms. The van der Waals surface area contributed by atoms with E-state index in [1.807, 2.05) is 19.9 Å². The van der Waals surface area contributed by atoms with Gasteiger partial charge >= 0.3 is 0 Å². The SMILES string of the molecule is CCc1cc(CC)n(-c2ccc(C(N)=O)cc2[N+](=O)[O-])n1. The van der Waals surface area contributed by atoms with Crippen molar-refractivity contribution in [2.45, 2.75) is 26.7 Å². The van der Waals surface area contributed by atoms with Crippen LogP contribution in [0.4, 0.5) is 5.69 Å². The molecule has 1 heterocycles. The highest BCUT2D eigenvalue weighted by Gasteiger charge is 2.20. The molecular weight excluding hydrogens is 272 g/mol. The van der Waals surface area contributed by atoms with Gasteiger partial charge in [-0.25, -0.2) is 4.68 Å². The fourth-order valence-electron chi connectivity index (χ4n) is 2.11. The summed E-state index contributed by atoms with van der Waals surface area (Å²) in [7, 11) is 0. The number of aryl methyl sites for hydroxylation is 2. The Kier molecular flexibility index (Phi) is 4.02. The van der Waals surface area contributed by atoms with Gasteiger partial charge in [0.05, 0.1) is 10.6 Å². The highest BCUT2D eigenvalue weighted by molar-refractivity contribution is 5.94. The third kappa shape index (κ3) is 2.76. The Bertz CT molecular complexity index is 706. The van der Waals surface area contributed by atoms with Crippen molar-refractivity contribution in [1.82, 2.24) is 9.78 Å². The molecule has 21 heavy (non-hydrogen) atoms. The van der Waals surface area contributed by atoms with Crippen molar-refractivity contribution in [3.8, 4) is 5.69 Å². The van der Waals surface area contributed by atoms with E-state index in [1.54, 1.807) is 4.68 Å². The molecule has 110 valence electrons. The number of amides is 1. The first kappa shape index (κ1) is 14.7. The van der Waals surface area contributed by atoms with Crippen LogP contribution in [0.15, 0.2) is 24.3 Å². The lowest BCUT2D eigenvalue weighted by atomic mass is 10.1. The van der Waals surface area contributed by atoms with Gasteiger partial charge in [-0.2, -0.15) is 5.10 Å². The summed E-state index contributed by atoms with van der Waals surface area (Å²) in [5.41, 5.74) is 7.16. The van der Waals surface area contributed by atoms with Gasteiger partial charge in [-0.3, -0.25) is 14.9 Å². The predicted molar refractivity (Wildman–Crippen MR) is 77.5 cm³/mol. The number of nitrogens with zero attached hydrogens (tertiary/aromatic N) is 3. The van der Waals surface area contributed by atoms with Crippen LogP contribution in [0.2, 0.25) is 0 Å². The maximum Gasteiger partial charge on any atom is 0.295 e. The number of benzene rings is 1. The van der Waals surface area contributed by atoms with Crippen molar-refractivity contribution < 1.29 is 9.72 Å². The van der Waals surface area contributed by atoms with Crippen LogP contribution in [0, 0.1) is 10.1 Å². The van der Waals surface area contributed by atoms with Gasteiger partial charge in [0, 0.05) is 17.3 Å². The predicted octanol–water partition coefficient (Wildman–Crippen LogP) is 2.00. The topological polar surface area (TPSA) is 104 Å². The third-order valence-corrected chi connectivity index (χ3v) is 3.24. The van der Waals surface area contributed by atoms with Crippen LogP contribution in [-0.2, 0) is 12.8 Å². The van der Waals surface area contributed by atoms with Crippen LogP contribution in [0.25, 0.3) is 5.69 Å². The lowest BCUT2D eigenvalue weighted by molar-refractivity contribution is -0.384. The molecule has 0 saturated carbocycles. The third-order valence-electron chi connectivity index (χ3n) is 3.24. The van der Waals surface area contributed by atoms with Gasteiger partial charge in [0.1, 0.15) is 5.69 Å². The molecule has 0 aliphatic carbocycles. The van der Waals surface area contributed by atoms with Crippen LogP contribution in [0.3, 0.4) is 0 Å². The molecule has 0 atom stereocenters. The Labute approximate surface area is 121 Å². The van der Waals surface area contributed by atoms with Crippen molar-refractivity contribution in [2.75, 3.05) is 0 Å². The highest BCUT2D eigenvalue weighted by atomic mass is 16.6. The normalized spacial score (nSPS) is 10.6. The first-order valence-electron chi connectivity index (χ1n) is 6.64. The molecule has 0 unspecified atom stereocenters. The molecule has 0 aliphatic heterocycles. The van der Waals surface area contributed by atoms with Gasteiger partial charge in [0.25, 0.3) is 5.69 Å². The van der Waals surface area contributed by atoms with Crippen molar-refractivity contribution in [3.63, 3.8) is 0 Å². The second-order valence-electron chi connectivity index (χ2n) is 4.57. The van der Waals surface area contributed by atoms with Gasteiger partial charge in [-0.15, -0.1) is 0 Å². The van der Waals surface area contributed by atoms with Crippen molar-refractivity contribution in [2.24, 2.45) is 5.73 Å². The summed E-state index contributed by atoms with van der Waals surface area (Å²) in [5, 5.41) is 15.6. The van der Waals surface area contributed by atoms with E-state index in [4.69, 9.17) is 5.73 Å². The Hall–Kier alpha value is -2.70. The summed E-state index contributed by atoms with van der Waals surface area (Å²) in [5.74, 6) is -0.699. The van der Waals surface area contributed by atoms with Crippen molar-refractivity contribution in [1.29, 1.82) is 0 Å². The second kappa shape index (κ2) is 5.74. The van der Waals surface area contributed by atoms with Gasteiger partial charge in [-0.1, -0.05) is 13.8 Å². The average molecular weight is 288 g/mol. The highest BCUT2D eigenvalue weighted by Crippen LogP contribution is 2.26. The molecule has 1 amide bonds. The molecule has 1 aromatic carbocycles. The zero-order chi connectivity index (χ0) is 15.6. The molecule has 7 heteroatoms. The molecule has 0 spiro atoms. The Morgan fingerprint density at radius 2 is 2.05 bits per heavy atom. The second-order valence-corrected chi connectivity index (χ2v) is 4.57. The molecule has 2 rings (SSSR count). The van der Waals surface area contributed by atoms with Crippen LogP contribution in [-0.4, -0.2) is 20.6 Å². The quantitative estimate of drug-likeness (QED) is 0.671. The van der Waals surface area contributed by atoms with E-state index < -0.39 is 10.8 Å². The van der Waals surface area contributed by atoms with Crippen LogP contribution in [0.5, 0.6) is 0 Å². The number of nitro groups is 1. The molecule has 0 aliphatic rings. The smallest absolute Gasteiger partial charge is 0.295 e. The standard InChI is InChI=1S/C14H16N4O3/c1-3-10-8-11(4-2)17(16-10)12-6-5-9(14(15)19)7-13(12)18(20)21/h5-8H,3-4H2,1-2H3,(H2,15,19). The molecule has 1 aromatic heterocycles. The minimum atomic E-state index is -0.699. The van der Waals surface area contributed by atoms with E-state index in [0.29, 0.717) is 12.1 Å². The summed E-state index contributed by atoms with van der Waals surface area (Å²) in [6.07, 6.45) is 1.44. The number of hydrogen-bond acceptors (Lipinski definition) is 4. The van der Waals surface area contributed by atoms with Crippen LogP contribution < -0.4 is 5.73 Å². The van der Waals surface area contributed by atoms with E-state index in [9.17, 15) is 14.9 Å². The Balaban J connectivity index is 2.65. The lowest BCUT2D eigenvalue weighted by Crippen LogP contribution is -2.12. The summed E-state index contributed by atoms with van der Waals surface area (Å²) < 4.78 is 1.56. The fraction of sp³-hybridized carbons (Fsp3) is 0.286. The summed E-state index contributed by atoms with van der Waals surface area (Å²) >= 11 is 0. The van der Waals surface area contributed by atoms with E-state index >= 15 is 0 Å². The van der Waals surface area contributed by atoms with Gasteiger partial charge in [0.2, 0.25) is 5.91 Å². The van der Waals surface area contributed by atoms with Crippen molar-refractivity contribution in [3.05, 3.63) is 51.3 Å².